The number of imide groups is 1. The lowest BCUT2D eigenvalue weighted by molar-refractivity contribution is -0.134. The van der Waals surface area contributed by atoms with Crippen LogP contribution in [-0.4, -0.2) is 48.3 Å². The van der Waals surface area contributed by atoms with Crippen LogP contribution in [0.3, 0.4) is 0 Å². The molecule has 2 heterocycles. The monoisotopic (exact) mass is 401 g/mol. The van der Waals surface area contributed by atoms with Crippen molar-refractivity contribution in [3.05, 3.63) is 29.6 Å². The molecule has 3 fully saturated rings. The number of halogens is 1. The molecule has 1 aromatic rings. The Morgan fingerprint density at radius 3 is 2.66 bits per heavy atom. The number of nitrogens with one attached hydrogen (secondary N) is 1. The maximum absolute atomic E-state index is 13.7. The number of carbonyl (C=O) groups excluding carboxylic acids is 3. The van der Waals surface area contributed by atoms with E-state index < -0.39 is 5.41 Å². The average molecular weight is 401 g/mol. The summed E-state index contributed by atoms with van der Waals surface area (Å²) in [6, 6.07) is 4.86. The maximum Gasteiger partial charge on any atom is 0.233 e. The summed E-state index contributed by atoms with van der Waals surface area (Å²) in [4.78, 5) is 41.0. The van der Waals surface area contributed by atoms with E-state index in [1.54, 1.807) is 12.1 Å². The zero-order chi connectivity index (χ0) is 20.8. The molecule has 3 aliphatic rings. The predicted octanol–water partition coefficient (Wildman–Crippen LogP) is 2.39. The Hall–Kier alpha value is -2.44. The number of nitrogens with zero attached hydrogens (tertiary/aromatic N) is 2. The van der Waals surface area contributed by atoms with Crippen molar-refractivity contribution in [1.29, 1.82) is 0 Å². The van der Waals surface area contributed by atoms with Crippen molar-refractivity contribution in [3.63, 3.8) is 0 Å². The van der Waals surface area contributed by atoms with Crippen LogP contribution in [0.2, 0.25) is 0 Å². The largest absolute Gasteiger partial charge is 0.365 e. The van der Waals surface area contributed by atoms with Gasteiger partial charge in [-0.05, 0) is 56.7 Å². The van der Waals surface area contributed by atoms with E-state index in [4.69, 9.17) is 0 Å². The van der Waals surface area contributed by atoms with Gasteiger partial charge in [0.25, 0.3) is 0 Å². The first-order chi connectivity index (χ1) is 13.8. The van der Waals surface area contributed by atoms with Crippen molar-refractivity contribution >= 4 is 23.4 Å². The number of hydrogen-bond donors (Lipinski definition) is 1. The third-order valence-electron chi connectivity index (χ3n) is 6.79. The third kappa shape index (κ3) is 3.74. The van der Waals surface area contributed by atoms with Crippen molar-refractivity contribution in [2.24, 2.45) is 11.3 Å². The second kappa shape index (κ2) is 7.43. The van der Waals surface area contributed by atoms with Crippen LogP contribution in [0.4, 0.5) is 10.1 Å². The zero-order valence-corrected chi connectivity index (χ0v) is 17.0. The first kappa shape index (κ1) is 19.9. The smallest absolute Gasteiger partial charge is 0.233 e. The van der Waals surface area contributed by atoms with Gasteiger partial charge < -0.3 is 9.80 Å². The summed E-state index contributed by atoms with van der Waals surface area (Å²) < 4.78 is 13.7. The molecule has 1 N–H and O–H groups in total. The van der Waals surface area contributed by atoms with Gasteiger partial charge in [0.1, 0.15) is 5.82 Å². The highest BCUT2D eigenvalue weighted by atomic mass is 19.1. The standard InChI is InChI=1S/C22H28FN3O3/c1-14-3-6-17(23)11-18(14)26-10-9-25(13-15(26)2)20(28)7-8-22(16-4-5-16)12-19(27)24-21(22)29/h3,6,11,15-16H,4-5,7-10,12-13H2,1-2H3,(H,24,27,29)/t15-,22?/m0/s1. The minimum Gasteiger partial charge on any atom is -0.365 e. The number of carbonyl (C=O) groups is 3. The molecule has 0 bridgehead atoms. The highest BCUT2D eigenvalue weighted by Crippen LogP contribution is 2.52. The molecule has 29 heavy (non-hydrogen) atoms. The lowest BCUT2D eigenvalue weighted by Crippen LogP contribution is -2.54. The fraction of sp³-hybridized carbons (Fsp3) is 0.591. The number of aryl methyl sites for hydroxylation is 1. The topological polar surface area (TPSA) is 69.7 Å². The molecule has 2 saturated heterocycles. The summed E-state index contributed by atoms with van der Waals surface area (Å²) in [6.07, 6.45) is 2.84. The number of rotatable bonds is 5. The van der Waals surface area contributed by atoms with E-state index in [0.29, 0.717) is 26.1 Å². The Morgan fingerprint density at radius 2 is 2.03 bits per heavy atom. The molecular weight excluding hydrogens is 373 g/mol. The van der Waals surface area contributed by atoms with Crippen LogP contribution in [0, 0.1) is 24.1 Å². The zero-order valence-electron chi connectivity index (χ0n) is 17.0. The average Bonchev–Trinajstić information content (AvgIpc) is 3.48. The summed E-state index contributed by atoms with van der Waals surface area (Å²) in [5.74, 6) is -0.418. The minimum absolute atomic E-state index is 0.0274. The van der Waals surface area contributed by atoms with Crippen molar-refractivity contribution in [2.45, 2.75) is 52.0 Å². The summed E-state index contributed by atoms with van der Waals surface area (Å²) in [7, 11) is 0. The molecule has 6 nitrogen and oxygen atoms in total. The SMILES string of the molecule is Cc1ccc(F)cc1N1CCN(C(=O)CCC2(C3CC3)CC(=O)NC2=O)C[C@@H]1C. The molecule has 156 valence electrons. The fourth-order valence-electron chi connectivity index (χ4n) is 4.96. The quantitative estimate of drug-likeness (QED) is 0.770. The van der Waals surface area contributed by atoms with Crippen LogP contribution in [0.5, 0.6) is 0 Å². The number of amides is 3. The number of anilines is 1. The molecule has 1 saturated carbocycles. The normalized spacial score (nSPS) is 27.3. The van der Waals surface area contributed by atoms with Crippen LogP contribution in [-0.2, 0) is 14.4 Å². The Labute approximate surface area is 170 Å². The van der Waals surface area contributed by atoms with Gasteiger partial charge in [0.2, 0.25) is 17.7 Å². The van der Waals surface area contributed by atoms with Crippen LogP contribution in [0.1, 0.15) is 44.6 Å². The lowest BCUT2D eigenvalue weighted by Gasteiger charge is -2.42. The molecule has 0 aromatic heterocycles. The Balaban J connectivity index is 1.38. The van der Waals surface area contributed by atoms with E-state index in [9.17, 15) is 18.8 Å². The van der Waals surface area contributed by atoms with Crippen LogP contribution in [0.25, 0.3) is 0 Å². The molecule has 1 aliphatic carbocycles. The molecule has 7 heteroatoms. The van der Waals surface area contributed by atoms with E-state index in [1.807, 2.05) is 18.7 Å². The number of hydrogen-bond acceptors (Lipinski definition) is 4. The van der Waals surface area contributed by atoms with Gasteiger partial charge in [-0.1, -0.05) is 6.07 Å². The third-order valence-corrected chi connectivity index (χ3v) is 6.79. The van der Waals surface area contributed by atoms with Crippen LogP contribution in [0.15, 0.2) is 18.2 Å². The van der Waals surface area contributed by atoms with Crippen molar-refractivity contribution in [2.75, 3.05) is 24.5 Å². The molecular formula is C22H28FN3O3. The maximum atomic E-state index is 13.7. The molecule has 0 radical (unpaired) electrons. The van der Waals surface area contributed by atoms with Crippen molar-refractivity contribution in [3.8, 4) is 0 Å². The molecule has 1 unspecified atom stereocenters. The molecule has 4 rings (SSSR count). The Morgan fingerprint density at radius 1 is 1.28 bits per heavy atom. The van der Waals surface area contributed by atoms with E-state index in [2.05, 4.69) is 10.2 Å². The summed E-state index contributed by atoms with van der Waals surface area (Å²) >= 11 is 0. The van der Waals surface area contributed by atoms with Gasteiger partial charge in [-0.25, -0.2) is 4.39 Å². The molecule has 1 aromatic carbocycles. The van der Waals surface area contributed by atoms with E-state index >= 15 is 0 Å². The van der Waals surface area contributed by atoms with Gasteiger partial charge in [0.15, 0.2) is 0 Å². The second-order valence-electron chi connectivity index (χ2n) is 8.80. The van der Waals surface area contributed by atoms with Crippen molar-refractivity contribution in [1.82, 2.24) is 10.2 Å². The first-order valence-corrected chi connectivity index (χ1v) is 10.4. The Bertz CT molecular complexity index is 854. The lowest BCUT2D eigenvalue weighted by atomic mass is 9.76. The van der Waals surface area contributed by atoms with E-state index in [1.165, 1.54) is 6.07 Å². The van der Waals surface area contributed by atoms with E-state index in [-0.39, 0.29) is 48.3 Å². The van der Waals surface area contributed by atoms with Gasteiger partial charge in [-0.15, -0.1) is 0 Å². The van der Waals surface area contributed by atoms with Crippen LogP contribution >= 0.6 is 0 Å². The molecule has 2 aliphatic heterocycles. The summed E-state index contributed by atoms with van der Waals surface area (Å²) in [5, 5.41) is 2.43. The van der Waals surface area contributed by atoms with Crippen LogP contribution < -0.4 is 10.2 Å². The molecule has 0 spiro atoms. The second-order valence-corrected chi connectivity index (χ2v) is 8.80. The molecule has 3 amide bonds. The highest BCUT2D eigenvalue weighted by Gasteiger charge is 2.55. The van der Waals surface area contributed by atoms with Gasteiger partial charge in [-0.2, -0.15) is 0 Å². The van der Waals surface area contributed by atoms with Crippen molar-refractivity contribution < 1.29 is 18.8 Å². The number of benzene rings is 1. The first-order valence-electron chi connectivity index (χ1n) is 10.4. The van der Waals surface area contributed by atoms with E-state index in [0.717, 1.165) is 24.1 Å². The van der Waals surface area contributed by atoms with Gasteiger partial charge in [0.05, 0.1) is 5.41 Å². The van der Waals surface area contributed by atoms with Gasteiger partial charge >= 0.3 is 0 Å². The Kier molecular flexibility index (Phi) is 5.09. The highest BCUT2D eigenvalue weighted by molar-refractivity contribution is 6.06. The summed E-state index contributed by atoms with van der Waals surface area (Å²) in [5.41, 5.74) is 1.21. The minimum atomic E-state index is -0.682. The van der Waals surface area contributed by atoms with Gasteiger partial charge in [0, 0.05) is 44.2 Å². The summed E-state index contributed by atoms with van der Waals surface area (Å²) in [6.45, 7) is 5.78. The molecule has 2 atom stereocenters. The predicted molar refractivity (Wildman–Crippen MR) is 107 cm³/mol. The fourth-order valence-corrected chi connectivity index (χ4v) is 4.96. The number of piperazine rings is 1. The van der Waals surface area contributed by atoms with Gasteiger partial charge in [-0.3, -0.25) is 19.7 Å².